The molecule has 0 aromatic heterocycles. The first-order valence-electron chi connectivity index (χ1n) is 8.94. The number of carbonyl (C=O) groups is 2. The molecule has 6 nitrogen and oxygen atoms in total. The quantitative estimate of drug-likeness (QED) is 0.888. The summed E-state index contributed by atoms with van der Waals surface area (Å²) < 4.78 is 10.5. The molecule has 1 saturated carbocycles. The van der Waals surface area contributed by atoms with E-state index in [-0.39, 0.29) is 23.8 Å². The summed E-state index contributed by atoms with van der Waals surface area (Å²) in [5, 5.41) is 3.14. The minimum atomic E-state index is -0.00952. The number of benzene rings is 1. The van der Waals surface area contributed by atoms with Crippen molar-refractivity contribution in [1.82, 2.24) is 10.2 Å². The Morgan fingerprint density at radius 1 is 1.04 bits per heavy atom. The fraction of sp³-hybridized carbons (Fsp3) is 0.579. The Labute approximate surface area is 148 Å². The third kappa shape index (κ3) is 3.89. The van der Waals surface area contributed by atoms with E-state index in [0.717, 1.165) is 32.1 Å². The van der Waals surface area contributed by atoms with E-state index in [4.69, 9.17) is 9.47 Å². The second kappa shape index (κ2) is 7.76. The minimum absolute atomic E-state index is 0.00952. The van der Waals surface area contributed by atoms with E-state index in [0.29, 0.717) is 30.2 Å². The van der Waals surface area contributed by atoms with Gasteiger partial charge in [-0.05, 0) is 43.9 Å². The van der Waals surface area contributed by atoms with Crippen LogP contribution < -0.4 is 14.8 Å². The molecule has 2 amide bonds. The number of rotatable bonds is 5. The first kappa shape index (κ1) is 17.6. The summed E-state index contributed by atoms with van der Waals surface area (Å²) in [6.45, 7) is 1.31. The van der Waals surface area contributed by atoms with Gasteiger partial charge >= 0.3 is 0 Å². The van der Waals surface area contributed by atoms with Gasteiger partial charge in [0.05, 0.1) is 14.2 Å². The number of carbonyl (C=O) groups excluding carboxylic acids is 2. The largest absolute Gasteiger partial charge is 0.493 e. The maximum Gasteiger partial charge on any atom is 0.253 e. The molecular formula is C19H26N2O4. The number of likely N-dealkylation sites (tertiary alicyclic amines) is 1. The van der Waals surface area contributed by atoms with Crippen LogP contribution in [0.2, 0.25) is 0 Å². The maximum absolute atomic E-state index is 12.7. The average molecular weight is 346 g/mol. The van der Waals surface area contributed by atoms with Gasteiger partial charge in [0.15, 0.2) is 11.5 Å². The van der Waals surface area contributed by atoms with Gasteiger partial charge in [-0.3, -0.25) is 9.59 Å². The van der Waals surface area contributed by atoms with Crippen molar-refractivity contribution in [2.45, 2.75) is 38.1 Å². The monoisotopic (exact) mass is 346 g/mol. The van der Waals surface area contributed by atoms with Gasteiger partial charge in [0.1, 0.15) is 0 Å². The summed E-state index contributed by atoms with van der Waals surface area (Å²) in [6, 6.07) is 5.40. The zero-order valence-electron chi connectivity index (χ0n) is 14.9. The molecule has 1 aromatic carbocycles. The van der Waals surface area contributed by atoms with Crippen LogP contribution in [0.4, 0.5) is 0 Å². The molecule has 0 unspecified atom stereocenters. The molecule has 0 bridgehead atoms. The van der Waals surface area contributed by atoms with Crippen LogP contribution in [0.1, 0.15) is 42.5 Å². The number of nitrogens with zero attached hydrogens (tertiary/aromatic N) is 1. The number of piperidine rings is 1. The Hall–Kier alpha value is -2.24. The predicted molar refractivity (Wildman–Crippen MR) is 94.0 cm³/mol. The molecule has 25 heavy (non-hydrogen) atoms. The van der Waals surface area contributed by atoms with Crippen molar-refractivity contribution < 1.29 is 19.1 Å². The van der Waals surface area contributed by atoms with E-state index in [2.05, 4.69) is 5.32 Å². The number of hydrogen-bond acceptors (Lipinski definition) is 4. The van der Waals surface area contributed by atoms with Crippen LogP contribution in [-0.4, -0.2) is 50.1 Å². The second-order valence-corrected chi connectivity index (χ2v) is 6.77. The molecule has 6 heteroatoms. The Morgan fingerprint density at radius 2 is 1.72 bits per heavy atom. The topological polar surface area (TPSA) is 67.9 Å². The van der Waals surface area contributed by atoms with Gasteiger partial charge < -0.3 is 19.7 Å². The van der Waals surface area contributed by atoms with E-state index < -0.39 is 0 Å². The summed E-state index contributed by atoms with van der Waals surface area (Å²) in [5.41, 5.74) is 0.592. The molecule has 2 fully saturated rings. The van der Waals surface area contributed by atoms with Crippen molar-refractivity contribution in [2.24, 2.45) is 5.92 Å². The van der Waals surface area contributed by atoms with Crippen LogP contribution in [0.15, 0.2) is 18.2 Å². The number of hydrogen-bond donors (Lipinski definition) is 1. The normalized spacial score (nSPS) is 18.4. The lowest BCUT2D eigenvalue weighted by atomic mass is 9.84. The molecule has 0 atom stereocenters. The molecule has 1 aliphatic carbocycles. The highest BCUT2D eigenvalue weighted by molar-refractivity contribution is 5.95. The van der Waals surface area contributed by atoms with Crippen molar-refractivity contribution in [1.29, 1.82) is 0 Å². The number of amides is 2. The van der Waals surface area contributed by atoms with Gasteiger partial charge in [0, 0.05) is 30.6 Å². The molecule has 0 spiro atoms. The van der Waals surface area contributed by atoms with Gasteiger partial charge in [-0.15, -0.1) is 0 Å². The van der Waals surface area contributed by atoms with Crippen LogP contribution in [-0.2, 0) is 4.79 Å². The summed E-state index contributed by atoms with van der Waals surface area (Å²) >= 11 is 0. The Morgan fingerprint density at radius 3 is 2.28 bits per heavy atom. The third-order valence-electron chi connectivity index (χ3n) is 5.24. The molecule has 136 valence electrons. The Kier molecular flexibility index (Phi) is 5.46. The summed E-state index contributed by atoms with van der Waals surface area (Å²) in [5.74, 6) is 1.56. The zero-order valence-corrected chi connectivity index (χ0v) is 14.9. The van der Waals surface area contributed by atoms with Gasteiger partial charge in [0.25, 0.3) is 5.91 Å². The lowest BCUT2D eigenvalue weighted by Gasteiger charge is -2.34. The van der Waals surface area contributed by atoms with E-state index in [1.807, 2.05) is 4.90 Å². The molecule has 2 aliphatic rings. The van der Waals surface area contributed by atoms with Gasteiger partial charge in [-0.1, -0.05) is 6.42 Å². The van der Waals surface area contributed by atoms with E-state index in [1.54, 1.807) is 32.4 Å². The second-order valence-electron chi connectivity index (χ2n) is 6.77. The average Bonchev–Trinajstić information content (AvgIpc) is 2.59. The van der Waals surface area contributed by atoms with E-state index in [1.165, 1.54) is 0 Å². The molecule has 1 heterocycles. The summed E-state index contributed by atoms with van der Waals surface area (Å²) in [7, 11) is 3.13. The van der Waals surface area contributed by atoms with Crippen LogP contribution >= 0.6 is 0 Å². The van der Waals surface area contributed by atoms with Crippen molar-refractivity contribution >= 4 is 11.8 Å². The minimum Gasteiger partial charge on any atom is -0.493 e. The highest BCUT2D eigenvalue weighted by Crippen LogP contribution is 2.29. The number of nitrogens with one attached hydrogen (secondary N) is 1. The van der Waals surface area contributed by atoms with Crippen molar-refractivity contribution in [3.05, 3.63) is 23.8 Å². The SMILES string of the molecule is COc1ccc(C(=O)N2CCC(NC(=O)C3CCC3)CC2)cc1OC. The smallest absolute Gasteiger partial charge is 0.253 e. The first-order valence-corrected chi connectivity index (χ1v) is 8.94. The van der Waals surface area contributed by atoms with E-state index >= 15 is 0 Å². The number of ether oxygens (including phenoxy) is 2. The molecule has 1 aromatic rings. The van der Waals surface area contributed by atoms with Crippen LogP contribution in [0.5, 0.6) is 11.5 Å². The van der Waals surface area contributed by atoms with Gasteiger partial charge in [-0.2, -0.15) is 0 Å². The first-order chi connectivity index (χ1) is 12.1. The van der Waals surface area contributed by atoms with Gasteiger partial charge in [0.2, 0.25) is 5.91 Å². The maximum atomic E-state index is 12.7. The fourth-order valence-electron chi connectivity index (χ4n) is 3.37. The van der Waals surface area contributed by atoms with E-state index in [9.17, 15) is 9.59 Å². The lowest BCUT2D eigenvalue weighted by molar-refractivity contribution is -0.128. The molecule has 1 aliphatic heterocycles. The van der Waals surface area contributed by atoms with Crippen molar-refractivity contribution in [3.8, 4) is 11.5 Å². The van der Waals surface area contributed by atoms with Gasteiger partial charge in [-0.25, -0.2) is 0 Å². The predicted octanol–water partition coefficient (Wildman–Crippen LogP) is 2.22. The summed E-state index contributed by atoms with van der Waals surface area (Å²) in [6.07, 6.45) is 4.80. The third-order valence-corrected chi connectivity index (χ3v) is 5.24. The molecule has 1 saturated heterocycles. The molecule has 3 rings (SSSR count). The molecule has 1 N–H and O–H groups in total. The van der Waals surface area contributed by atoms with Crippen LogP contribution in [0.3, 0.4) is 0 Å². The molecular weight excluding hydrogens is 320 g/mol. The standard InChI is InChI=1S/C19H26N2O4/c1-24-16-7-6-14(12-17(16)25-2)19(23)21-10-8-15(9-11-21)20-18(22)13-4-3-5-13/h6-7,12-13,15H,3-5,8-11H2,1-2H3,(H,20,22). The van der Waals surface area contributed by atoms with Crippen LogP contribution in [0.25, 0.3) is 0 Å². The highest BCUT2D eigenvalue weighted by atomic mass is 16.5. The Bertz CT molecular complexity index is 634. The van der Waals surface area contributed by atoms with Crippen molar-refractivity contribution in [2.75, 3.05) is 27.3 Å². The summed E-state index contributed by atoms with van der Waals surface area (Å²) in [4.78, 5) is 26.6. The van der Waals surface area contributed by atoms with Crippen molar-refractivity contribution in [3.63, 3.8) is 0 Å². The zero-order chi connectivity index (χ0) is 17.8. The highest BCUT2D eigenvalue weighted by Gasteiger charge is 2.29. The number of methoxy groups -OCH3 is 2. The molecule has 0 radical (unpaired) electrons. The Balaban J connectivity index is 1.55. The fourth-order valence-corrected chi connectivity index (χ4v) is 3.37. The lowest BCUT2D eigenvalue weighted by Crippen LogP contribution is -2.48. The van der Waals surface area contributed by atoms with Crippen LogP contribution in [0, 0.1) is 5.92 Å².